The molecule has 4 heterocycles. The SMILES string of the molecule is [B]c1nccc2c(C(=O)C(=O)N3CCN(C(=O)c4ccccn4)CC3C)c[nH]c12. The number of pyridine rings is 2. The number of aromatic nitrogens is 3. The molecule has 1 aliphatic rings. The Morgan fingerprint density at radius 2 is 1.97 bits per heavy atom. The van der Waals surface area contributed by atoms with E-state index in [2.05, 4.69) is 15.0 Å². The molecule has 3 aromatic heterocycles. The first-order valence-corrected chi connectivity index (χ1v) is 9.24. The van der Waals surface area contributed by atoms with Crippen LogP contribution in [0.25, 0.3) is 10.9 Å². The van der Waals surface area contributed by atoms with Crippen molar-refractivity contribution in [1.29, 1.82) is 0 Å². The zero-order chi connectivity index (χ0) is 20.5. The summed E-state index contributed by atoms with van der Waals surface area (Å²) in [4.78, 5) is 52.5. The highest BCUT2D eigenvalue weighted by molar-refractivity contribution is 6.46. The highest BCUT2D eigenvalue weighted by Gasteiger charge is 2.34. The van der Waals surface area contributed by atoms with Crippen molar-refractivity contribution in [2.45, 2.75) is 13.0 Å². The quantitative estimate of drug-likeness (QED) is 0.396. The van der Waals surface area contributed by atoms with Crippen molar-refractivity contribution in [3.05, 3.63) is 54.1 Å². The van der Waals surface area contributed by atoms with Crippen molar-refractivity contribution < 1.29 is 14.4 Å². The van der Waals surface area contributed by atoms with Gasteiger partial charge in [0.15, 0.2) is 0 Å². The van der Waals surface area contributed by atoms with Crippen LogP contribution in [-0.2, 0) is 4.79 Å². The predicted molar refractivity (Wildman–Crippen MR) is 107 cm³/mol. The highest BCUT2D eigenvalue weighted by Crippen LogP contribution is 2.19. The van der Waals surface area contributed by atoms with Crippen molar-refractivity contribution in [1.82, 2.24) is 24.8 Å². The van der Waals surface area contributed by atoms with E-state index in [0.717, 1.165) is 0 Å². The third-order valence-electron chi connectivity index (χ3n) is 5.13. The number of hydrogen-bond donors (Lipinski definition) is 1. The van der Waals surface area contributed by atoms with Crippen molar-refractivity contribution >= 4 is 41.9 Å². The number of H-pyrrole nitrogens is 1. The molecule has 0 aliphatic carbocycles. The molecule has 4 rings (SSSR count). The van der Waals surface area contributed by atoms with Gasteiger partial charge in [0.1, 0.15) is 13.5 Å². The fourth-order valence-electron chi connectivity index (χ4n) is 3.60. The van der Waals surface area contributed by atoms with Gasteiger partial charge in [0.2, 0.25) is 0 Å². The Balaban J connectivity index is 1.49. The van der Waals surface area contributed by atoms with Crippen molar-refractivity contribution in [2.75, 3.05) is 19.6 Å². The lowest BCUT2D eigenvalue weighted by molar-refractivity contribution is -0.130. The minimum atomic E-state index is -0.613. The summed E-state index contributed by atoms with van der Waals surface area (Å²) in [6.07, 6.45) is 4.55. The Morgan fingerprint density at radius 1 is 1.14 bits per heavy atom. The van der Waals surface area contributed by atoms with Gasteiger partial charge >= 0.3 is 0 Å². The summed E-state index contributed by atoms with van der Waals surface area (Å²) in [6.45, 7) is 2.76. The molecule has 0 saturated carbocycles. The van der Waals surface area contributed by atoms with Gasteiger partial charge in [-0.3, -0.25) is 24.4 Å². The number of Topliss-reactive ketones (excluding diaryl/α,β-unsaturated/α-hetero) is 1. The van der Waals surface area contributed by atoms with Gasteiger partial charge in [-0.05, 0) is 25.1 Å². The maximum absolute atomic E-state index is 12.9. The zero-order valence-electron chi connectivity index (χ0n) is 15.8. The van der Waals surface area contributed by atoms with E-state index in [1.807, 2.05) is 6.92 Å². The Morgan fingerprint density at radius 3 is 2.69 bits per heavy atom. The number of ketones is 1. The van der Waals surface area contributed by atoms with Crippen LogP contribution < -0.4 is 5.59 Å². The lowest BCUT2D eigenvalue weighted by Gasteiger charge is -2.39. The summed E-state index contributed by atoms with van der Waals surface area (Å²) < 4.78 is 0. The average Bonchev–Trinajstić information content (AvgIpc) is 3.18. The molecule has 1 aliphatic heterocycles. The molecule has 3 aromatic rings. The Kier molecular flexibility index (Phi) is 4.88. The maximum Gasteiger partial charge on any atom is 0.295 e. The molecule has 144 valence electrons. The Labute approximate surface area is 168 Å². The lowest BCUT2D eigenvalue weighted by atomic mass is 9.99. The van der Waals surface area contributed by atoms with Crippen molar-refractivity contribution in [2.24, 2.45) is 0 Å². The Bertz CT molecular complexity index is 1100. The van der Waals surface area contributed by atoms with Crippen LogP contribution in [0, 0.1) is 0 Å². The summed E-state index contributed by atoms with van der Waals surface area (Å²) in [6, 6.07) is 6.51. The molecule has 29 heavy (non-hydrogen) atoms. The second-order valence-corrected chi connectivity index (χ2v) is 6.96. The van der Waals surface area contributed by atoms with Gasteiger partial charge in [-0.25, -0.2) is 0 Å². The fourth-order valence-corrected chi connectivity index (χ4v) is 3.60. The summed E-state index contributed by atoms with van der Waals surface area (Å²) in [5, 5.41) is 0.562. The van der Waals surface area contributed by atoms with Gasteiger partial charge < -0.3 is 14.8 Å². The smallest absolute Gasteiger partial charge is 0.295 e. The molecule has 2 amide bonds. The zero-order valence-corrected chi connectivity index (χ0v) is 15.8. The van der Waals surface area contributed by atoms with Gasteiger partial charge in [0, 0.05) is 55.2 Å². The largest absolute Gasteiger partial charge is 0.360 e. The van der Waals surface area contributed by atoms with E-state index < -0.39 is 11.7 Å². The van der Waals surface area contributed by atoms with Crippen LogP contribution in [0.15, 0.2) is 42.9 Å². The third-order valence-corrected chi connectivity index (χ3v) is 5.13. The first-order valence-electron chi connectivity index (χ1n) is 9.24. The summed E-state index contributed by atoms with van der Waals surface area (Å²) in [5.74, 6) is -1.40. The molecule has 9 heteroatoms. The lowest BCUT2D eigenvalue weighted by Crippen LogP contribution is -2.56. The molecule has 1 unspecified atom stereocenters. The van der Waals surface area contributed by atoms with E-state index in [1.54, 1.807) is 35.4 Å². The first-order chi connectivity index (χ1) is 14.0. The first kappa shape index (κ1) is 18.9. The molecular weight excluding hydrogens is 369 g/mol. The van der Waals surface area contributed by atoms with Crippen LogP contribution in [0.2, 0.25) is 0 Å². The molecule has 1 N–H and O–H groups in total. The summed E-state index contributed by atoms with van der Waals surface area (Å²) in [5.41, 5.74) is 1.42. The summed E-state index contributed by atoms with van der Waals surface area (Å²) in [7, 11) is 5.81. The van der Waals surface area contributed by atoms with E-state index in [-0.39, 0.29) is 29.7 Å². The molecule has 1 saturated heterocycles. The van der Waals surface area contributed by atoms with Gasteiger partial charge in [-0.15, -0.1) is 0 Å². The molecule has 8 nitrogen and oxygen atoms in total. The average molecular weight is 387 g/mol. The van der Waals surface area contributed by atoms with E-state index in [1.165, 1.54) is 17.3 Å². The number of carbonyl (C=O) groups excluding carboxylic acids is 3. The minimum Gasteiger partial charge on any atom is -0.360 e. The monoisotopic (exact) mass is 387 g/mol. The van der Waals surface area contributed by atoms with Crippen molar-refractivity contribution in [3.8, 4) is 0 Å². The van der Waals surface area contributed by atoms with Crippen molar-refractivity contribution in [3.63, 3.8) is 0 Å². The van der Waals surface area contributed by atoms with Crippen LogP contribution in [0.5, 0.6) is 0 Å². The van der Waals surface area contributed by atoms with Gasteiger partial charge in [-0.1, -0.05) is 6.07 Å². The minimum absolute atomic E-state index is 0.185. The van der Waals surface area contributed by atoms with Gasteiger partial charge in [-0.2, -0.15) is 0 Å². The molecule has 0 spiro atoms. The molecular formula is C20H18BN5O3. The van der Waals surface area contributed by atoms with E-state index in [0.29, 0.717) is 29.7 Å². The number of nitrogens with zero attached hydrogens (tertiary/aromatic N) is 4. The number of piperazine rings is 1. The maximum atomic E-state index is 12.9. The molecule has 1 fully saturated rings. The topological polar surface area (TPSA) is 99.3 Å². The third kappa shape index (κ3) is 3.39. The van der Waals surface area contributed by atoms with Gasteiger partial charge in [0.25, 0.3) is 17.6 Å². The highest BCUT2D eigenvalue weighted by atomic mass is 16.2. The molecule has 0 aromatic carbocycles. The standard InChI is InChI=1S/C20H18BN5O3/c1-12-11-25(19(28)15-4-2-3-6-22-15)8-9-26(12)20(29)17(27)14-10-24-16-13(14)5-7-23-18(16)21/h2-7,10,12,24H,8-9,11H2,1H3. The van der Waals surface area contributed by atoms with Crippen LogP contribution in [-0.4, -0.2) is 75.9 Å². The number of carbonyl (C=O) groups is 3. The van der Waals surface area contributed by atoms with Gasteiger partial charge in [0.05, 0.1) is 11.1 Å². The number of nitrogens with one attached hydrogen (secondary N) is 1. The number of fused-ring (bicyclic) bond motifs is 1. The summed E-state index contributed by atoms with van der Waals surface area (Å²) >= 11 is 0. The van der Waals surface area contributed by atoms with Crippen LogP contribution in [0.4, 0.5) is 0 Å². The van der Waals surface area contributed by atoms with Crippen LogP contribution in [0.1, 0.15) is 27.8 Å². The normalized spacial score (nSPS) is 16.8. The van der Waals surface area contributed by atoms with E-state index in [4.69, 9.17) is 7.85 Å². The molecule has 0 bridgehead atoms. The second kappa shape index (κ2) is 7.50. The second-order valence-electron chi connectivity index (χ2n) is 6.96. The molecule has 2 radical (unpaired) electrons. The number of rotatable bonds is 3. The van der Waals surface area contributed by atoms with E-state index in [9.17, 15) is 14.4 Å². The van der Waals surface area contributed by atoms with Crippen LogP contribution in [0.3, 0.4) is 0 Å². The predicted octanol–water partition coefficient (Wildman–Crippen LogP) is 0.307. The fraction of sp³-hybridized carbons (Fsp3) is 0.250. The Hall–Kier alpha value is -3.49. The van der Waals surface area contributed by atoms with Crippen LogP contribution >= 0.6 is 0 Å². The number of amides is 2. The molecule has 1 atom stereocenters. The number of hydrogen-bond acceptors (Lipinski definition) is 5. The number of aromatic amines is 1. The van der Waals surface area contributed by atoms with E-state index >= 15 is 0 Å².